The number of aliphatic hydroxyl groups excluding tert-OH is 1. The molecule has 2 rings (SSSR count). The summed E-state index contributed by atoms with van der Waals surface area (Å²) in [6.45, 7) is -0.0337. The van der Waals surface area contributed by atoms with Gasteiger partial charge in [0.05, 0.1) is 13.2 Å². The highest BCUT2D eigenvalue weighted by Gasteiger charge is 2.17. The third-order valence-corrected chi connectivity index (χ3v) is 3.67. The molecule has 0 aliphatic heterocycles. The van der Waals surface area contributed by atoms with Crippen LogP contribution in [-0.2, 0) is 0 Å². The summed E-state index contributed by atoms with van der Waals surface area (Å²) in [5.74, 6) is 0.415. The van der Waals surface area contributed by atoms with E-state index >= 15 is 0 Å². The number of methoxy groups -OCH3 is 1. The molecular formula is C16H17BrN2O3. The van der Waals surface area contributed by atoms with Crippen molar-refractivity contribution in [3.8, 4) is 5.75 Å². The van der Waals surface area contributed by atoms with Gasteiger partial charge in [0.1, 0.15) is 11.4 Å². The summed E-state index contributed by atoms with van der Waals surface area (Å²) in [5, 5.41) is 12.1. The summed E-state index contributed by atoms with van der Waals surface area (Å²) >= 11 is 3.31. The van der Waals surface area contributed by atoms with Gasteiger partial charge in [0.25, 0.3) is 5.91 Å². The molecule has 0 radical (unpaired) electrons. The van der Waals surface area contributed by atoms with E-state index in [0.717, 1.165) is 10.0 Å². The first-order chi connectivity index (χ1) is 10.6. The molecule has 0 saturated carbocycles. The van der Waals surface area contributed by atoms with E-state index < -0.39 is 0 Å². The van der Waals surface area contributed by atoms with E-state index in [2.05, 4.69) is 26.2 Å². The molecule has 0 aliphatic rings. The fourth-order valence-corrected chi connectivity index (χ4v) is 2.41. The number of aliphatic hydroxyl groups is 1. The van der Waals surface area contributed by atoms with E-state index in [9.17, 15) is 9.90 Å². The van der Waals surface area contributed by atoms with Gasteiger partial charge < -0.3 is 15.2 Å². The molecule has 0 fully saturated rings. The third kappa shape index (κ3) is 4.29. The molecular weight excluding hydrogens is 348 g/mol. The second-order valence-electron chi connectivity index (χ2n) is 4.67. The Morgan fingerprint density at radius 2 is 2.23 bits per heavy atom. The Bertz CT molecular complexity index is 649. The van der Waals surface area contributed by atoms with Crippen molar-refractivity contribution >= 4 is 21.8 Å². The van der Waals surface area contributed by atoms with Gasteiger partial charge in [-0.25, -0.2) is 0 Å². The first-order valence-electron chi connectivity index (χ1n) is 6.81. The zero-order chi connectivity index (χ0) is 15.9. The molecule has 1 amide bonds. The van der Waals surface area contributed by atoms with Crippen molar-refractivity contribution in [1.82, 2.24) is 10.3 Å². The molecule has 22 heavy (non-hydrogen) atoms. The fraction of sp³-hybridized carbons (Fsp3) is 0.250. The van der Waals surface area contributed by atoms with Crippen molar-refractivity contribution in [2.45, 2.75) is 12.5 Å². The molecule has 1 unspecified atom stereocenters. The monoisotopic (exact) mass is 364 g/mol. The molecule has 6 heteroatoms. The zero-order valence-electron chi connectivity index (χ0n) is 12.1. The predicted octanol–water partition coefficient (Wildman–Crippen LogP) is 2.71. The molecule has 2 aromatic rings. The second-order valence-corrected chi connectivity index (χ2v) is 5.59. The number of aromatic nitrogens is 1. The lowest BCUT2D eigenvalue weighted by molar-refractivity contribution is 0.0924. The quantitative estimate of drug-likeness (QED) is 0.826. The van der Waals surface area contributed by atoms with Crippen molar-refractivity contribution in [3.63, 3.8) is 0 Å². The number of carbonyl (C=O) groups is 1. The summed E-state index contributed by atoms with van der Waals surface area (Å²) < 4.78 is 5.98. The van der Waals surface area contributed by atoms with Gasteiger partial charge in [0, 0.05) is 17.3 Å². The summed E-state index contributed by atoms with van der Waals surface area (Å²) in [6, 6.07) is 10.5. The Labute approximate surface area is 137 Å². The van der Waals surface area contributed by atoms with Crippen LogP contribution in [0.5, 0.6) is 5.75 Å². The SMILES string of the molecule is COc1cccc(C(CCO)NC(=O)c2cc(Br)ccn2)c1. The van der Waals surface area contributed by atoms with Crippen LogP contribution in [0.4, 0.5) is 0 Å². The smallest absolute Gasteiger partial charge is 0.270 e. The number of carbonyl (C=O) groups excluding carboxylic acids is 1. The Balaban J connectivity index is 2.19. The molecule has 0 spiro atoms. The Morgan fingerprint density at radius 3 is 2.91 bits per heavy atom. The normalized spacial score (nSPS) is 11.8. The van der Waals surface area contributed by atoms with E-state index in [-0.39, 0.29) is 18.6 Å². The molecule has 0 saturated heterocycles. The fourth-order valence-electron chi connectivity index (χ4n) is 2.07. The molecule has 1 atom stereocenters. The Morgan fingerprint density at radius 1 is 1.41 bits per heavy atom. The van der Waals surface area contributed by atoms with Crippen LogP contribution in [-0.4, -0.2) is 29.7 Å². The van der Waals surface area contributed by atoms with E-state index in [1.807, 2.05) is 24.3 Å². The van der Waals surface area contributed by atoms with Crippen molar-refractivity contribution in [3.05, 3.63) is 58.3 Å². The molecule has 0 aliphatic carbocycles. The number of hydrogen-bond donors (Lipinski definition) is 2. The highest BCUT2D eigenvalue weighted by molar-refractivity contribution is 9.10. The number of nitrogens with zero attached hydrogens (tertiary/aromatic N) is 1. The van der Waals surface area contributed by atoms with Gasteiger partial charge in [0.15, 0.2) is 0 Å². The molecule has 5 nitrogen and oxygen atoms in total. The number of rotatable bonds is 6. The van der Waals surface area contributed by atoms with Crippen molar-refractivity contribution in [1.29, 1.82) is 0 Å². The van der Waals surface area contributed by atoms with Gasteiger partial charge in [-0.2, -0.15) is 0 Å². The molecule has 0 bridgehead atoms. The lowest BCUT2D eigenvalue weighted by atomic mass is 10.0. The maximum absolute atomic E-state index is 12.3. The number of ether oxygens (including phenoxy) is 1. The number of halogens is 1. The summed E-state index contributed by atoms with van der Waals surface area (Å²) in [6.07, 6.45) is 1.97. The Hall–Kier alpha value is -1.92. The highest BCUT2D eigenvalue weighted by Crippen LogP contribution is 2.22. The van der Waals surface area contributed by atoms with Crippen LogP contribution < -0.4 is 10.1 Å². The van der Waals surface area contributed by atoms with Crippen LogP contribution in [0, 0.1) is 0 Å². The molecule has 1 aromatic heterocycles. The number of hydrogen-bond acceptors (Lipinski definition) is 4. The molecule has 1 heterocycles. The van der Waals surface area contributed by atoms with Gasteiger partial charge in [-0.3, -0.25) is 9.78 Å². The highest BCUT2D eigenvalue weighted by atomic mass is 79.9. The number of pyridine rings is 1. The maximum Gasteiger partial charge on any atom is 0.270 e. The van der Waals surface area contributed by atoms with Crippen molar-refractivity contribution < 1.29 is 14.6 Å². The lowest BCUT2D eigenvalue weighted by Gasteiger charge is -2.18. The van der Waals surface area contributed by atoms with Gasteiger partial charge >= 0.3 is 0 Å². The van der Waals surface area contributed by atoms with Gasteiger partial charge in [-0.05, 0) is 36.2 Å². The summed E-state index contributed by atoms with van der Waals surface area (Å²) in [5.41, 5.74) is 1.19. The van der Waals surface area contributed by atoms with Crippen LogP contribution in [0.25, 0.3) is 0 Å². The number of nitrogens with one attached hydrogen (secondary N) is 1. The van der Waals surface area contributed by atoms with Crippen LogP contribution >= 0.6 is 15.9 Å². The number of benzene rings is 1. The molecule has 1 aromatic carbocycles. The number of amides is 1. The van der Waals surface area contributed by atoms with E-state index in [1.54, 1.807) is 25.4 Å². The van der Waals surface area contributed by atoms with Crippen molar-refractivity contribution in [2.75, 3.05) is 13.7 Å². The predicted molar refractivity (Wildman–Crippen MR) is 86.8 cm³/mol. The lowest BCUT2D eigenvalue weighted by Crippen LogP contribution is -2.29. The van der Waals surface area contributed by atoms with E-state index in [4.69, 9.17) is 4.74 Å². The first kappa shape index (κ1) is 16.5. The minimum Gasteiger partial charge on any atom is -0.497 e. The summed E-state index contributed by atoms with van der Waals surface area (Å²) in [4.78, 5) is 16.4. The van der Waals surface area contributed by atoms with Crippen molar-refractivity contribution in [2.24, 2.45) is 0 Å². The molecule has 116 valence electrons. The average Bonchev–Trinajstić information content (AvgIpc) is 2.54. The van der Waals surface area contributed by atoms with E-state index in [0.29, 0.717) is 17.9 Å². The second kappa shape index (κ2) is 7.91. The average molecular weight is 365 g/mol. The van der Waals surface area contributed by atoms with Crippen LogP contribution in [0.3, 0.4) is 0 Å². The Kier molecular flexibility index (Phi) is 5.91. The summed E-state index contributed by atoms with van der Waals surface area (Å²) in [7, 11) is 1.59. The van der Waals surface area contributed by atoms with Crippen LogP contribution in [0.15, 0.2) is 47.1 Å². The molecule has 2 N–H and O–H groups in total. The standard InChI is InChI=1S/C16H17BrN2O3/c1-22-13-4-2-3-11(9-13)14(6-8-20)19-16(21)15-10-12(17)5-7-18-15/h2-5,7,9-10,14,20H,6,8H2,1H3,(H,19,21). The largest absolute Gasteiger partial charge is 0.497 e. The minimum atomic E-state index is -0.312. The third-order valence-electron chi connectivity index (χ3n) is 3.17. The van der Waals surface area contributed by atoms with Crippen LogP contribution in [0.1, 0.15) is 28.5 Å². The first-order valence-corrected chi connectivity index (χ1v) is 7.60. The van der Waals surface area contributed by atoms with Gasteiger partial charge in [0.2, 0.25) is 0 Å². The zero-order valence-corrected chi connectivity index (χ0v) is 13.7. The van der Waals surface area contributed by atoms with Gasteiger partial charge in [-0.15, -0.1) is 0 Å². The maximum atomic E-state index is 12.3. The topological polar surface area (TPSA) is 71.5 Å². The van der Waals surface area contributed by atoms with Gasteiger partial charge in [-0.1, -0.05) is 28.1 Å². The minimum absolute atomic E-state index is 0.0337. The van der Waals surface area contributed by atoms with E-state index in [1.165, 1.54) is 0 Å². The van der Waals surface area contributed by atoms with Crippen LogP contribution in [0.2, 0.25) is 0 Å².